The smallest absolute Gasteiger partial charge is 0.244 e. The van der Waals surface area contributed by atoms with Crippen molar-refractivity contribution in [1.82, 2.24) is 10.2 Å². The molecule has 0 bridgehead atoms. The van der Waals surface area contributed by atoms with Crippen LogP contribution in [0.5, 0.6) is 0 Å². The zero-order chi connectivity index (χ0) is 23.9. The Morgan fingerprint density at radius 3 is 2.38 bits per heavy atom. The summed E-state index contributed by atoms with van der Waals surface area (Å²) in [6.07, 6.45) is 1.68. The first-order chi connectivity index (χ1) is 15.0. The van der Waals surface area contributed by atoms with Crippen molar-refractivity contribution in [3.63, 3.8) is 0 Å². The quantitative estimate of drug-likeness (QED) is 0.513. The molecule has 0 spiro atoms. The van der Waals surface area contributed by atoms with E-state index in [0.29, 0.717) is 6.54 Å². The highest BCUT2D eigenvalue weighted by atomic mass is 79.9. The summed E-state index contributed by atoms with van der Waals surface area (Å²) in [5.74, 6) is -1.54. The fourth-order valence-electron chi connectivity index (χ4n) is 3.01. The van der Waals surface area contributed by atoms with E-state index in [1.165, 1.54) is 23.1 Å². The van der Waals surface area contributed by atoms with Crippen LogP contribution in [0.25, 0.3) is 0 Å². The molecule has 0 aliphatic carbocycles. The van der Waals surface area contributed by atoms with Crippen LogP contribution in [0.1, 0.15) is 25.8 Å². The molecule has 0 unspecified atom stereocenters. The number of nitrogens with one attached hydrogen (secondary N) is 1. The molecule has 2 aromatic carbocycles. The standard InChI is InChI=1S/C22H27BrFN3O4S/c1-4-12-25-22(29)16(2)26(14-17-8-10-18(23)11-9-17)21(28)15-27(32(3,30)31)20-7-5-6-19(24)13-20/h5-11,13,16H,4,12,14-15H2,1-3H3,(H,25,29)/t16-/m0/s1. The number of carbonyl (C=O) groups is 2. The molecule has 0 saturated carbocycles. The lowest BCUT2D eigenvalue weighted by molar-refractivity contribution is -0.139. The topological polar surface area (TPSA) is 86.8 Å². The van der Waals surface area contributed by atoms with E-state index in [9.17, 15) is 22.4 Å². The monoisotopic (exact) mass is 527 g/mol. The van der Waals surface area contributed by atoms with Gasteiger partial charge in [0, 0.05) is 17.6 Å². The molecule has 0 radical (unpaired) electrons. The fourth-order valence-corrected chi connectivity index (χ4v) is 4.12. The molecule has 32 heavy (non-hydrogen) atoms. The number of sulfonamides is 1. The third-order valence-electron chi connectivity index (χ3n) is 4.76. The molecule has 0 aliphatic heterocycles. The minimum atomic E-state index is -3.89. The number of hydrogen-bond acceptors (Lipinski definition) is 4. The van der Waals surface area contributed by atoms with Crippen LogP contribution in [0.15, 0.2) is 53.0 Å². The second-order valence-electron chi connectivity index (χ2n) is 7.36. The maximum absolute atomic E-state index is 13.7. The van der Waals surface area contributed by atoms with Gasteiger partial charge in [0.25, 0.3) is 0 Å². The van der Waals surface area contributed by atoms with Gasteiger partial charge in [0.1, 0.15) is 18.4 Å². The van der Waals surface area contributed by atoms with Crippen LogP contribution < -0.4 is 9.62 Å². The number of hydrogen-bond donors (Lipinski definition) is 1. The number of benzene rings is 2. The van der Waals surface area contributed by atoms with Crippen molar-refractivity contribution in [1.29, 1.82) is 0 Å². The van der Waals surface area contributed by atoms with E-state index >= 15 is 0 Å². The minimum Gasteiger partial charge on any atom is -0.354 e. The number of carbonyl (C=O) groups excluding carboxylic acids is 2. The van der Waals surface area contributed by atoms with Gasteiger partial charge in [0.2, 0.25) is 21.8 Å². The van der Waals surface area contributed by atoms with Gasteiger partial charge in [-0.3, -0.25) is 13.9 Å². The maximum Gasteiger partial charge on any atom is 0.244 e. The molecular weight excluding hydrogens is 501 g/mol. The Labute approximate surface area is 196 Å². The Bertz CT molecular complexity index is 1050. The molecule has 0 aliphatic rings. The van der Waals surface area contributed by atoms with Crippen molar-refractivity contribution in [2.45, 2.75) is 32.9 Å². The van der Waals surface area contributed by atoms with Crippen molar-refractivity contribution in [3.05, 3.63) is 64.4 Å². The predicted molar refractivity (Wildman–Crippen MR) is 126 cm³/mol. The van der Waals surface area contributed by atoms with E-state index in [1.54, 1.807) is 6.92 Å². The molecular formula is C22H27BrFN3O4S. The van der Waals surface area contributed by atoms with Crippen LogP contribution >= 0.6 is 15.9 Å². The van der Waals surface area contributed by atoms with Crippen molar-refractivity contribution in [3.8, 4) is 0 Å². The van der Waals surface area contributed by atoms with E-state index in [2.05, 4.69) is 21.2 Å². The molecule has 1 N–H and O–H groups in total. The Balaban J connectivity index is 2.35. The highest BCUT2D eigenvalue weighted by Gasteiger charge is 2.30. The summed E-state index contributed by atoms with van der Waals surface area (Å²) in [5.41, 5.74) is 0.806. The first-order valence-corrected chi connectivity index (χ1v) is 12.7. The van der Waals surface area contributed by atoms with Gasteiger partial charge in [-0.1, -0.05) is 41.1 Å². The second-order valence-corrected chi connectivity index (χ2v) is 10.2. The zero-order valence-electron chi connectivity index (χ0n) is 18.2. The molecule has 1 atom stereocenters. The van der Waals surface area contributed by atoms with Gasteiger partial charge in [-0.2, -0.15) is 0 Å². The van der Waals surface area contributed by atoms with E-state index < -0.39 is 34.3 Å². The number of amides is 2. The van der Waals surface area contributed by atoms with Crippen LogP contribution in [0.4, 0.5) is 10.1 Å². The molecule has 2 amide bonds. The molecule has 2 rings (SSSR count). The molecule has 0 fully saturated rings. The molecule has 2 aromatic rings. The summed E-state index contributed by atoms with van der Waals surface area (Å²) < 4.78 is 40.2. The maximum atomic E-state index is 13.7. The molecule has 0 heterocycles. The summed E-state index contributed by atoms with van der Waals surface area (Å²) in [5, 5.41) is 2.76. The Morgan fingerprint density at radius 2 is 1.81 bits per heavy atom. The van der Waals surface area contributed by atoms with Crippen molar-refractivity contribution >= 4 is 43.5 Å². The van der Waals surface area contributed by atoms with Crippen LogP contribution in [-0.4, -0.2) is 50.5 Å². The first-order valence-electron chi connectivity index (χ1n) is 10.1. The number of rotatable bonds is 10. The molecule has 174 valence electrons. The lowest BCUT2D eigenvalue weighted by Crippen LogP contribution is -2.51. The van der Waals surface area contributed by atoms with Gasteiger partial charge in [0.05, 0.1) is 11.9 Å². The average Bonchev–Trinajstić information content (AvgIpc) is 2.73. The van der Waals surface area contributed by atoms with E-state index in [0.717, 1.165) is 33.1 Å². The third-order valence-corrected chi connectivity index (χ3v) is 6.43. The summed E-state index contributed by atoms with van der Waals surface area (Å²) in [6, 6.07) is 11.4. The largest absolute Gasteiger partial charge is 0.354 e. The zero-order valence-corrected chi connectivity index (χ0v) is 20.6. The predicted octanol–water partition coefficient (Wildman–Crippen LogP) is 3.30. The molecule has 0 saturated heterocycles. The van der Waals surface area contributed by atoms with Crippen LogP contribution in [0.2, 0.25) is 0 Å². The highest BCUT2D eigenvalue weighted by Crippen LogP contribution is 2.20. The fraction of sp³-hybridized carbons (Fsp3) is 0.364. The Kier molecular flexibility index (Phi) is 9.21. The van der Waals surface area contributed by atoms with Gasteiger partial charge in [-0.05, 0) is 49.2 Å². The summed E-state index contributed by atoms with van der Waals surface area (Å²) in [6.45, 7) is 3.51. The minimum absolute atomic E-state index is 0.0347. The van der Waals surface area contributed by atoms with Gasteiger partial charge in [-0.15, -0.1) is 0 Å². The van der Waals surface area contributed by atoms with Crippen LogP contribution in [0.3, 0.4) is 0 Å². The van der Waals surface area contributed by atoms with Gasteiger partial charge in [0.15, 0.2) is 0 Å². The highest BCUT2D eigenvalue weighted by molar-refractivity contribution is 9.10. The molecule has 0 aromatic heterocycles. The molecule has 7 nitrogen and oxygen atoms in total. The Hall–Kier alpha value is -2.46. The van der Waals surface area contributed by atoms with Crippen LogP contribution in [0, 0.1) is 5.82 Å². The SMILES string of the molecule is CCCNC(=O)[C@H](C)N(Cc1ccc(Br)cc1)C(=O)CN(c1cccc(F)c1)S(C)(=O)=O. The van der Waals surface area contributed by atoms with E-state index in [1.807, 2.05) is 31.2 Å². The average molecular weight is 528 g/mol. The van der Waals surface area contributed by atoms with E-state index in [4.69, 9.17) is 0 Å². The normalized spacial score (nSPS) is 12.2. The summed E-state index contributed by atoms with van der Waals surface area (Å²) >= 11 is 3.36. The van der Waals surface area contributed by atoms with Gasteiger partial charge >= 0.3 is 0 Å². The van der Waals surface area contributed by atoms with Gasteiger partial charge < -0.3 is 10.2 Å². The van der Waals surface area contributed by atoms with Crippen LogP contribution in [-0.2, 0) is 26.2 Å². The summed E-state index contributed by atoms with van der Waals surface area (Å²) in [7, 11) is -3.89. The second kappa shape index (κ2) is 11.4. The lowest BCUT2D eigenvalue weighted by Gasteiger charge is -2.31. The number of halogens is 2. The Morgan fingerprint density at radius 1 is 1.16 bits per heavy atom. The number of nitrogens with zero attached hydrogens (tertiary/aromatic N) is 2. The van der Waals surface area contributed by atoms with Crippen molar-refractivity contribution in [2.24, 2.45) is 0 Å². The van der Waals surface area contributed by atoms with E-state index in [-0.39, 0.29) is 18.1 Å². The van der Waals surface area contributed by atoms with Gasteiger partial charge in [-0.25, -0.2) is 12.8 Å². The number of anilines is 1. The first kappa shape index (κ1) is 25.8. The molecule has 10 heteroatoms. The lowest BCUT2D eigenvalue weighted by atomic mass is 10.1. The summed E-state index contributed by atoms with van der Waals surface area (Å²) in [4.78, 5) is 27.2. The van der Waals surface area contributed by atoms with Crippen molar-refractivity contribution < 1.29 is 22.4 Å². The van der Waals surface area contributed by atoms with Crippen molar-refractivity contribution in [2.75, 3.05) is 23.7 Å². The third kappa shape index (κ3) is 7.30.